The molecule has 0 aliphatic carbocycles. The number of ether oxygens (including phenoxy) is 1. The molecule has 0 aliphatic rings. The van der Waals surface area contributed by atoms with E-state index in [9.17, 15) is 4.39 Å². The van der Waals surface area contributed by atoms with Gasteiger partial charge in [-0.05, 0) is 24.3 Å². The summed E-state index contributed by atoms with van der Waals surface area (Å²) in [5, 5.41) is 11.7. The van der Waals surface area contributed by atoms with E-state index in [2.05, 4.69) is 10.3 Å². The van der Waals surface area contributed by atoms with E-state index in [-0.39, 0.29) is 5.75 Å². The van der Waals surface area contributed by atoms with Crippen molar-refractivity contribution in [2.75, 3.05) is 12.4 Å². The summed E-state index contributed by atoms with van der Waals surface area (Å²) < 4.78 is 18.1. The fourth-order valence-electron chi connectivity index (χ4n) is 1.45. The Kier molecular flexibility index (Phi) is 3.39. The first kappa shape index (κ1) is 11.9. The van der Waals surface area contributed by atoms with Gasteiger partial charge in [0.2, 0.25) is 0 Å². The normalized spacial score (nSPS) is 9.61. The highest BCUT2D eigenvalue weighted by molar-refractivity contribution is 5.58. The molecule has 0 saturated heterocycles. The molecule has 0 atom stereocenters. The summed E-state index contributed by atoms with van der Waals surface area (Å²) in [4.78, 5) is 4.06. The Hall–Kier alpha value is -2.61. The number of benzene rings is 1. The topological polar surface area (TPSA) is 57.9 Å². The van der Waals surface area contributed by atoms with E-state index >= 15 is 0 Å². The number of aromatic nitrogens is 1. The summed E-state index contributed by atoms with van der Waals surface area (Å²) in [6.45, 7) is 0. The van der Waals surface area contributed by atoms with Crippen molar-refractivity contribution in [3.63, 3.8) is 0 Å². The van der Waals surface area contributed by atoms with E-state index in [1.165, 1.54) is 19.2 Å². The van der Waals surface area contributed by atoms with E-state index in [0.717, 1.165) is 0 Å². The molecule has 1 heterocycles. The van der Waals surface area contributed by atoms with Gasteiger partial charge in [0.1, 0.15) is 17.6 Å². The van der Waals surface area contributed by atoms with Crippen LogP contribution in [0.4, 0.5) is 15.9 Å². The quantitative estimate of drug-likeness (QED) is 0.900. The Labute approximate surface area is 104 Å². The van der Waals surface area contributed by atoms with Crippen LogP contribution in [0.1, 0.15) is 5.69 Å². The molecule has 0 bridgehead atoms. The zero-order chi connectivity index (χ0) is 13.0. The van der Waals surface area contributed by atoms with E-state index in [4.69, 9.17) is 10.00 Å². The average molecular weight is 243 g/mol. The van der Waals surface area contributed by atoms with Crippen LogP contribution in [-0.4, -0.2) is 12.1 Å². The van der Waals surface area contributed by atoms with E-state index in [1.807, 2.05) is 6.07 Å². The number of nitriles is 1. The van der Waals surface area contributed by atoms with Crippen LogP contribution in [0.5, 0.6) is 5.75 Å². The molecule has 0 unspecified atom stereocenters. The maximum absolute atomic E-state index is 13.2. The van der Waals surface area contributed by atoms with Crippen LogP contribution < -0.4 is 10.1 Å². The van der Waals surface area contributed by atoms with Gasteiger partial charge in [0, 0.05) is 11.8 Å². The van der Waals surface area contributed by atoms with Gasteiger partial charge >= 0.3 is 0 Å². The average Bonchev–Trinajstić information content (AvgIpc) is 2.41. The summed E-state index contributed by atoms with van der Waals surface area (Å²) in [6.07, 6.45) is 0. The standard InChI is InChI=1S/C13H10FN3O/c1-18-12-7-9(5-6-11(12)14)16-13-4-2-3-10(8-15)17-13/h2-7H,1H3,(H,16,17). The molecule has 1 aromatic carbocycles. The van der Waals surface area contributed by atoms with Gasteiger partial charge in [-0.1, -0.05) is 6.07 Å². The number of pyridine rings is 1. The lowest BCUT2D eigenvalue weighted by molar-refractivity contribution is 0.387. The molecule has 1 N–H and O–H groups in total. The maximum Gasteiger partial charge on any atom is 0.165 e. The zero-order valence-electron chi connectivity index (χ0n) is 9.64. The third kappa shape index (κ3) is 2.55. The predicted octanol–water partition coefficient (Wildman–Crippen LogP) is 2.84. The van der Waals surface area contributed by atoms with Crippen molar-refractivity contribution in [2.24, 2.45) is 0 Å². The molecule has 0 fully saturated rings. The summed E-state index contributed by atoms with van der Waals surface area (Å²) in [5.41, 5.74) is 0.949. The number of nitrogens with zero attached hydrogens (tertiary/aromatic N) is 2. The van der Waals surface area contributed by atoms with Crippen molar-refractivity contribution < 1.29 is 9.13 Å². The fourth-order valence-corrected chi connectivity index (χ4v) is 1.45. The molecule has 0 radical (unpaired) electrons. The second kappa shape index (κ2) is 5.15. The molecular weight excluding hydrogens is 233 g/mol. The molecule has 0 spiro atoms. The Morgan fingerprint density at radius 1 is 1.33 bits per heavy atom. The lowest BCUT2D eigenvalue weighted by atomic mass is 10.3. The molecule has 18 heavy (non-hydrogen) atoms. The summed E-state index contributed by atoms with van der Waals surface area (Å²) in [7, 11) is 1.40. The van der Waals surface area contributed by atoms with Gasteiger partial charge in [0.05, 0.1) is 7.11 Å². The first-order valence-electron chi connectivity index (χ1n) is 5.20. The van der Waals surface area contributed by atoms with Crippen LogP contribution in [0.15, 0.2) is 36.4 Å². The van der Waals surface area contributed by atoms with E-state index in [0.29, 0.717) is 17.2 Å². The Morgan fingerprint density at radius 2 is 2.17 bits per heavy atom. The van der Waals surface area contributed by atoms with Gasteiger partial charge in [-0.2, -0.15) is 5.26 Å². The number of anilines is 2. The second-order valence-electron chi connectivity index (χ2n) is 3.49. The number of nitrogens with one attached hydrogen (secondary N) is 1. The lowest BCUT2D eigenvalue weighted by Gasteiger charge is -2.08. The SMILES string of the molecule is COc1cc(Nc2cccc(C#N)n2)ccc1F. The molecule has 1 aromatic heterocycles. The van der Waals surface area contributed by atoms with Crippen LogP contribution in [-0.2, 0) is 0 Å². The predicted molar refractivity (Wildman–Crippen MR) is 65.2 cm³/mol. The molecule has 5 heteroatoms. The molecule has 90 valence electrons. The van der Waals surface area contributed by atoms with Gasteiger partial charge in [0.15, 0.2) is 11.6 Å². The first-order chi connectivity index (χ1) is 8.72. The van der Waals surface area contributed by atoms with E-state index in [1.54, 1.807) is 24.3 Å². The molecule has 2 aromatic rings. The molecule has 4 nitrogen and oxygen atoms in total. The van der Waals surface area contributed by atoms with Crippen molar-refractivity contribution in [3.8, 4) is 11.8 Å². The number of rotatable bonds is 3. The van der Waals surface area contributed by atoms with Crippen LogP contribution in [0.25, 0.3) is 0 Å². The molecule has 0 amide bonds. The molecular formula is C13H10FN3O. The number of hydrogen-bond acceptors (Lipinski definition) is 4. The second-order valence-corrected chi connectivity index (χ2v) is 3.49. The van der Waals surface area contributed by atoms with Gasteiger partial charge in [-0.15, -0.1) is 0 Å². The fraction of sp³-hybridized carbons (Fsp3) is 0.0769. The van der Waals surface area contributed by atoms with Gasteiger partial charge < -0.3 is 10.1 Å². The minimum atomic E-state index is -0.429. The highest BCUT2D eigenvalue weighted by atomic mass is 19.1. The van der Waals surface area contributed by atoms with Crippen LogP contribution in [0.2, 0.25) is 0 Å². The molecule has 0 aliphatic heterocycles. The third-order valence-corrected chi connectivity index (χ3v) is 2.29. The largest absolute Gasteiger partial charge is 0.494 e. The van der Waals surface area contributed by atoms with Crippen LogP contribution in [0.3, 0.4) is 0 Å². The zero-order valence-corrected chi connectivity index (χ0v) is 9.64. The first-order valence-corrected chi connectivity index (χ1v) is 5.20. The summed E-state index contributed by atoms with van der Waals surface area (Å²) >= 11 is 0. The van der Waals surface area contributed by atoms with Crippen molar-refractivity contribution in [1.29, 1.82) is 5.26 Å². The number of halogens is 1. The van der Waals surface area contributed by atoms with Gasteiger partial charge in [-0.25, -0.2) is 9.37 Å². The minimum Gasteiger partial charge on any atom is -0.494 e. The Bertz CT molecular complexity index is 607. The van der Waals surface area contributed by atoms with Crippen molar-refractivity contribution in [3.05, 3.63) is 47.9 Å². The minimum absolute atomic E-state index is 0.149. The maximum atomic E-state index is 13.2. The number of hydrogen-bond donors (Lipinski definition) is 1. The lowest BCUT2D eigenvalue weighted by Crippen LogP contribution is -1.96. The van der Waals surface area contributed by atoms with Gasteiger partial charge in [0.25, 0.3) is 0 Å². The monoisotopic (exact) mass is 243 g/mol. The Morgan fingerprint density at radius 3 is 2.89 bits per heavy atom. The molecule has 0 saturated carbocycles. The van der Waals surface area contributed by atoms with Gasteiger partial charge in [-0.3, -0.25) is 0 Å². The highest BCUT2D eigenvalue weighted by Gasteiger charge is 2.04. The van der Waals surface area contributed by atoms with Crippen molar-refractivity contribution in [1.82, 2.24) is 4.98 Å². The summed E-state index contributed by atoms with van der Waals surface area (Å²) in [6, 6.07) is 11.4. The van der Waals surface area contributed by atoms with Crippen molar-refractivity contribution >= 4 is 11.5 Å². The Balaban J connectivity index is 2.26. The van der Waals surface area contributed by atoms with Crippen molar-refractivity contribution in [2.45, 2.75) is 0 Å². The third-order valence-electron chi connectivity index (χ3n) is 2.29. The highest BCUT2D eigenvalue weighted by Crippen LogP contribution is 2.23. The number of methoxy groups -OCH3 is 1. The summed E-state index contributed by atoms with van der Waals surface area (Å²) in [5.74, 6) is 0.237. The smallest absolute Gasteiger partial charge is 0.165 e. The van der Waals surface area contributed by atoms with Crippen LogP contribution in [0, 0.1) is 17.1 Å². The van der Waals surface area contributed by atoms with E-state index < -0.39 is 5.82 Å². The van der Waals surface area contributed by atoms with Crippen LogP contribution >= 0.6 is 0 Å². The molecule has 2 rings (SSSR count).